The van der Waals surface area contributed by atoms with Crippen LogP contribution in [0.2, 0.25) is 0 Å². The Labute approximate surface area is 124 Å². The van der Waals surface area contributed by atoms with Crippen LogP contribution >= 0.6 is 11.8 Å². The third-order valence-corrected chi connectivity index (χ3v) is 4.11. The summed E-state index contributed by atoms with van der Waals surface area (Å²) in [5.41, 5.74) is 0.645. The number of benzene rings is 1. The van der Waals surface area contributed by atoms with Crippen LogP contribution in [0.3, 0.4) is 0 Å². The molecule has 2 unspecified atom stereocenters. The van der Waals surface area contributed by atoms with Crippen LogP contribution in [0.1, 0.15) is 17.3 Å². The Kier molecular flexibility index (Phi) is 4.46. The second-order valence-corrected chi connectivity index (χ2v) is 5.86. The predicted molar refractivity (Wildman–Crippen MR) is 75.3 cm³/mol. The maximum absolute atomic E-state index is 12.5. The Morgan fingerprint density at radius 1 is 1.52 bits per heavy atom. The van der Waals surface area contributed by atoms with E-state index >= 15 is 0 Å². The van der Waals surface area contributed by atoms with Crippen LogP contribution in [-0.4, -0.2) is 40.9 Å². The van der Waals surface area contributed by atoms with Crippen LogP contribution in [0.4, 0.5) is 10.1 Å². The Morgan fingerprint density at radius 2 is 2.24 bits per heavy atom. The normalized spacial score (nSPS) is 18.4. The molecular weight excluding hydrogens is 299 g/mol. The lowest BCUT2D eigenvalue weighted by Crippen LogP contribution is -2.42. The molecule has 2 amide bonds. The number of carboxylic acids is 1. The van der Waals surface area contributed by atoms with Crippen molar-refractivity contribution in [2.45, 2.75) is 23.1 Å². The number of rotatable bonds is 4. The van der Waals surface area contributed by atoms with Gasteiger partial charge in [0.2, 0.25) is 5.91 Å². The molecule has 2 rings (SSSR count). The summed E-state index contributed by atoms with van der Waals surface area (Å²) in [4.78, 5) is 35.0. The Morgan fingerprint density at radius 3 is 2.86 bits per heavy atom. The largest absolute Gasteiger partial charge is 0.480 e. The Bertz CT molecular complexity index is 608. The van der Waals surface area contributed by atoms with Crippen LogP contribution in [0.25, 0.3) is 0 Å². The minimum atomic E-state index is -1.59. The van der Waals surface area contributed by atoms with Gasteiger partial charge in [0.05, 0.1) is 10.9 Å². The van der Waals surface area contributed by atoms with E-state index in [9.17, 15) is 18.8 Å². The van der Waals surface area contributed by atoms with E-state index in [0.29, 0.717) is 5.69 Å². The summed E-state index contributed by atoms with van der Waals surface area (Å²) in [5, 5.41) is 13.2. The van der Waals surface area contributed by atoms with E-state index in [0.717, 1.165) is 4.90 Å². The first-order chi connectivity index (χ1) is 9.92. The van der Waals surface area contributed by atoms with Crippen molar-refractivity contribution in [3.8, 4) is 0 Å². The van der Waals surface area contributed by atoms with Crippen LogP contribution in [0.5, 0.6) is 0 Å². The van der Waals surface area contributed by atoms with E-state index in [-0.39, 0.29) is 16.7 Å². The van der Waals surface area contributed by atoms with Crippen molar-refractivity contribution >= 4 is 35.2 Å². The lowest BCUT2D eigenvalue weighted by atomic mass is 10.1. The molecule has 8 heteroatoms. The molecule has 1 aliphatic rings. The highest BCUT2D eigenvalue weighted by atomic mass is 32.2. The summed E-state index contributed by atoms with van der Waals surface area (Å²) < 4.78 is 12.5. The molecule has 0 aromatic heterocycles. The van der Waals surface area contributed by atoms with Crippen molar-refractivity contribution in [3.63, 3.8) is 0 Å². The van der Waals surface area contributed by atoms with Crippen molar-refractivity contribution < 1.29 is 23.9 Å². The average Bonchev–Trinajstić information content (AvgIpc) is 2.44. The molecule has 0 saturated heterocycles. The van der Waals surface area contributed by atoms with Gasteiger partial charge in [0.25, 0.3) is 5.91 Å². The number of aliphatic carboxylic acids is 1. The molecule has 1 aliphatic heterocycles. The lowest BCUT2D eigenvalue weighted by molar-refractivity contribution is -0.139. The SMILES string of the molecule is CC1Sc2ccc(C(=O)NC(CF)C(=O)O)cc2NC1=O. The molecule has 0 radical (unpaired) electrons. The molecule has 3 N–H and O–H groups in total. The highest BCUT2D eigenvalue weighted by Gasteiger charge is 2.25. The number of carboxylic acid groups (broad SMARTS) is 1. The van der Waals surface area contributed by atoms with Crippen LogP contribution < -0.4 is 10.6 Å². The smallest absolute Gasteiger partial charge is 0.328 e. The summed E-state index contributed by atoms with van der Waals surface area (Å²) in [6.07, 6.45) is 0. The number of carbonyl (C=O) groups is 3. The molecule has 2 atom stereocenters. The second kappa shape index (κ2) is 6.13. The highest BCUT2D eigenvalue weighted by molar-refractivity contribution is 8.00. The molecule has 0 fully saturated rings. The van der Waals surface area contributed by atoms with Gasteiger partial charge in [-0.25, -0.2) is 9.18 Å². The summed E-state index contributed by atoms with van der Waals surface area (Å²) in [7, 11) is 0. The quantitative estimate of drug-likeness (QED) is 0.778. The maximum Gasteiger partial charge on any atom is 0.328 e. The standard InChI is InChI=1S/C13H13FN2O4S/c1-6-11(17)15-8-4-7(2-3-10(8)21-6)12(18)16-9(5-14)13(19)20/h2-4,6,9H,5H2,1H3,(H,15,17)(H,16,18)(H,19,20). The van der Waals surface area contributed by atoms with Crippen molar-refractivity contribution in [1.29, 1.82) is 0 Å². The van der Waals surface area contributed by atoms with E-state index in [1.165, 1.54) is 23.9 Å². The summed E-state index contributed by atoms with van der Waals surface area (Å²) >= 11 is 1.37. The van der Waals surface area contributed by atoms with Gasteiger partial charge in [0.15, 0.2) is 6.04 Å². The van der Waals surface area contributed by atoms with E-state index in [4.69, 9.17) is 5.11 Å². The van der Waals surface area contributed by atoms with Crippen molar-refractivity contribution in [2.24, 2.45) is 0 Å². The zero-order valence-corrected chi connectivity index (χ0v) is 11.9. The van der Waals surface area contributed by atoms with Crippen molar-refractivity contribution in [1.82, 2.24) is 5.32 Å². The molecule has 0 spiro atoms. The number of fused-ring (bicyclic) bond motifs is 1. The number of thioether (sulfide) groups is 1. The molecular formula is C13H13FN2O4S. The first-order valence-corrected chi connectivity index (χ1v) is 7.01. The first kappa shape index (κ1) is 15.3. The third-order valence-electron chi connectivity index (χ3n) is 2.93. The summed E-state index contributed by atoms with van der Waals surface area (Å²) in [6.45, 7) is 0.568. The fourth-order valence-electron chi connectivity index (χ4n) is 1.76. The molecule has 0 bridgehead atoms. The maximum atomic E-state index is 12.5. The fraction of sp³-hybridized carbons (Fsp3) is 0.308. The lowest BCUT2D eigenvalue weighted by Gasteiger charge is -2.22. The Hall–Kier alpha value is -2.09. The van der Waals surface area contributed by atoms with Gasteiger partial charge in [0, 0.05) is 10.5 Å². The van der Waals surface area contributed by atoms with Crippen LogP contribution in [0, 0.1) is 0 Å². The number of anilines is 1. The molecule has 0 saturated carbocycles. The molecule has 0 aliphatic carbocycles. The van der Waals surface area contributed by atoms with Gasteiger partial charge in [0.1, 0.15) is 6.67 Å². The number of alkyl halides is 1. The van der Waals surface area contributed by atoms with Crippen molar-refractivity contribution in [3.05, 3.63) is 23.8 Å². The third kappa shape index (κ3) is 3.33. The molecule has 1 aromatic rings. The summed E-state index contributed by atoms with van der Waals surface area (Å²) in [5.74, 6) is -2.32. The zero-order chi connectivity index (χ0) is 15.6. The number of halogens is 1. The minimum absolute atomic E-state index is 0.156. The average molecular weight is 312 g/mol. The van der Waals surface area contributed by atoms with E-state index in [2.05, 4.69) is 10.6 Å². The first-order valence-electron chi connectivity index (χ1n) is 6.13. The number of amides is 2. The predicted octanol–water partition coefficient (Wildman–Crippen LogP) is 1.27. The number of nitrogens with one attached hydrogen (secondary N) is 2. The van der Waals surface area contributed by atoms with Gasteiger partial charge in [-0.3, -0.25) is 9.59 Å². The summed E-state index contributed by atoms with van der Waals surface area (Å²) in [6, 6.07) is 3.02. The van der Waals surface area contributed by atoms with E-state index < -0.39 is 24.6 Å². The number of carbonyl (C=O) groups excluding carboxylic acids is 2. The highest BCUT2D eigenvalue weighted by Crippen LogP contribution is 2.35. The molecule has 21 heavy (non-hydrogen) atoms. The van der Waals surface area contributed by atoms with Crippen LogP contribution in [0.15, 0.2) is 23.1 Å². The van der Waals surface area contributed by atoms with Gasteiger partial charge in [-0.2, -0.15) is 0 Å². The fourth-order valence-corrected chi connectivity index (χ4v) is 2.69. The molecule has 6 nitrogen and oxygen atoms in total. The number of hydrogen-bond acceptors (Lipinski definition) is 4. The van der Waals surface area contributed by atoms with Crippen molar-refractivity contribution in [2.75, 3.05) is 12.0 Å². The molecule has 1 aromatic carbocycles. The topological polar surface area (TPSA) is 95.5 Å². The van der Waals surface area contributed by atoms with Gasteiger partial charge in [-0.05, 0) is 25.1 Å². The minimum Gasteiger partial charge on any atom is -0.480 e. The van der Waals surface area contributed by atoms with Gasteiger partial charge in [-0.1, -0.05) is 0 Å². The molecule has 1 heterocycles. The second-order valence-electron chi connectivity index (χ2n) is 4.48. The van der Waals surface area contributed by atoms with E-state index in [1.807, 2.05) is 0 Å². The molecule has 112 valence electrons. The van der Waals surface area contributed by atoms with Gasteiger partial charge < -0.3 is 15.7 Å². The Balaban J connectivity index is 2.18. The zero-order valence-electron chi connectivity index (χ0n) is 11.1. The van der Waals surface area contributed by atoms with Gasteiger partial charge in [-0.15, -0.1) is 11.8 Å². The van der Waals surface area contributed by atoms with Crippen LogP contribution in [-0.2, 0) is 9.59 Å². The monoisotopic (exact) mass is 312 g/mol. The van der Waals surface area contributed by atoms with E-state index in [1.54, 1.807) is 13.0 Å². The van der Waals surface area contributed by atoms with Gasteiger partial charge >= 0.3 is 5.97 Å². The number of hydrogen-bond donors (Lipinski definition) is 3.